The largest absolute Gasteiger partial charge is 0.486 e. The van der Waals surface area contributed by atoms with Gasteiger partial charge in [-0.3, -0.25) is 4.79 Å². The maximum absolute atomic E-state index is 13.3. The third kappa shape index (κ3) is 3.58. The second-order valence-corrected chi connectivity index (χ2v) is 8.31. The number of aryl methyl sites for hydroxylation is 1. The van der Waals surface area contributed by atoms with Crippen LogP contribution >= 0.6 is 0 Å². The summed E-state index contributed by atoms with van der Waals surface area (Å²) < 4.78 is 11.3. The number of aromatic carboxylic acids is 1. The number of nitrogens with one attached hydrogen (secondary N) is 1. The van der Waals surface area contributed by atoms with E-state index < -0.39 is 11.4 Å². The number of fused-ring (bicyclic) bond motifs is 1. The molecule has 1 heterocycles. The van der Waals surface area contributed by atoms with Crippen molar-refractivity contribution in [2.75, 3.05) is 18.5 Å². The molecule has 2 N–H and O–H groups in total. The summed E-state index contributed by atoms with van der Waals surface area (Å²) in [4.78, 5) is 24.6. The van der Waals surface area contributed by atoms with Crippen LogP contribution in [-0.4, -0.2) is 30.2 Å². The SMILES string of the molecule is Cc1ccc(NC(=O)C2(c3ccc4c(c3)OCCO4)CC2)cc1-c1cccc(C(=O)O)c1.[HH]. The van der Waals surface area contributed by atoms with Crippen LogP contribution < -0.4 is 14.8 Å². The minimum Gasteiger partial charge on any atom is -0.486 e. The van der Waals surface area contributed by atoms with Crippen molar-refractivity contribution in [3.8, 4) is 22.6 Å². The lowest BCUT2D eigenvalue weighted by Gasteiger charge is -2.22. The Bertz CT molecular complexity index is 1240. The molecule has 0 bridgehead atoms. The third-order valence-electron chi connectivity index (χ3n) is 6.20. The van der Waals surface area contributed by atoms with Crippen LogP contribution in [0.2, 0.25) is 0 Å². The van der Waals surface area contributed by atoms with E-state index in [1.54, 1.807) is 18.2 Å². The van der Waals surface area contributed by atoms with E-state index in [0.717, 1.165) is 35.1 Å². The Hall–Kier alpha value is -3.80. The van der Waals surface area contributed by atoms with E-state index in [4.69, 9.17) is 9.47 Å². The normalized spacial score (nSPS) is 15.7. The van der Waals surface area contributed by atoms with Gasteiger partial charge in [0.25, 0.3) is 0 Å². The van der Waals surface area contributed by atoms with Gasteiger partial charge < -0.3 is 19.9 Å². The molecule has 1 fully saturated rings. The summed E-state index contributed by atoms with van der Waals surface area (Å²) in [6.07, 6.45) is 1.55. The highest BCUT2D eigenvalue weighted by Gasteiger charge is 2.51. The molecule has 0 unspecified atom stereocenters. The van der Waals surface area contributed by atoms with E-state index in [-0.39, 0.29) is 12.9 Å². The topological polar surface area (TPSA) is 84.9 Å². The number of carboxylic acid groups (broad SMARTS) is 1. The van der Waals surface area contributed by atoms with Crippen LogP contribution in [0.1, 0.15) is 35.8 Å². The molecule has 3 aromatic carbocycles. The van der Waals surface area contributed by atoms with Gasteiger partial charge in [0.2, 0.25) is 5.91 Å². The molecule has 0 radical (unpaired) electrons. The second kappa shape index (κ2) is 7.71. The number of amides is 1. The maximum Gasteiger partial charge on any atom is 0.335 e. The molecule has 1 aliphatic heterocycles. The van der Waals surface area contributed by atoms with E-state index in [9.17, 15) is 14.7 Å². The van der Waals surface area contributed by atoms with Crippen molar-refractivity contribution in [1.82, 2.24) is 0 Å². The number of rotatable bonds is 5. The minimum absolute atomic E-state index is 0. The molecular formula is C26H25NO5. The van der Waals surface area contributed by atoms with Gasteiger partial charge in [-0.15, -0.1) is 0 Å². The first-order valence-corrected chi connectivity index (χ1v) is 10.6. The molecular weight excluding hydrogens is 406 g/mol. The summed E-state index contributed by atoms with van der Waals surface area (Å²) in [6.45, 7) is 3.00. The lowest BCUT2D eigenvalue weighted by Crippen LogP contribution is -2.28. The fourth-order valence-corrected chi connectivity index (χ4v) is 4.19. The van der Waals surface area contributed by atoms with E-state index in [0.29, 0.717) is 30.4 Å². The van der Waals surface area contributed by atoms with Crippen LogP contribution in [0, 0.1) is 6.92 Å². The molecule has 0 saturated heterocycles. The van der Waals surface area contributed by atoms with Gasteiger partial charge in [-0.25, -0.2) is 4.79 Å². The highest BCUT2D eigenvalue weighted by Crippen LogP contribution is 2.51. The van der Waals surface area contributed by atoms with E-state index in [2.05, 4.69) is 5.32 Å². The fourth-order valence-electron chi connectivity index (χ4n) is 4.19. The van der Waals surface area contributed by atoms with Gasteiger partial charge in [-0.1, -0.05) is 24.3 Å². The minimum atomic E-state index is -0.968. The first-order chi connectivity index (χ1) is 15.5. The predicted octanol–water partition coefficient (Wildman–Crippen LogP) is 5.05. The molecule has 1 aliphatic carbocycles. The van der Waals surface area contributed by atoms with Crippen molar-refractivity contribution in [1.29, 1.82) is 0 Å². The van der Waals surface area contributed by atoms with E-state index >= 15 is 0 Å². The van der Waals surface area contributed by atoms with Crippen LogP contribution in [0.15, 0.2) is 60.7 Å². The zero-order chi connectivity index (χ0) is 22.3. The van der Waals surface area contributed by atoms with Crippen LogP contribution in [0.3, 0.4) is 0 Å². The summed E-state index contributed by atoms with van der Waals surface area (Å²) >= 11 is 0. The van der Waals surface area contributed by atoms with Crippen LogP contribution in [0.25, 0.3) is 11.1 Å². The molecule has 32 heavy (non-hydrogen) atoms. The zero-order valence-electron chi connectivity index (χ0n) is 17.7. The monoisotopic (exact) mass is 431 g/mol. The van der Waals surface area contributed by atoms with Crippen molar-refractivity contribution in [3.05, 3.63) is 77.4 Å². The summed E-state index contributed by atoms with van der Waals surface area (Å²) in [5.41, 5.74) is 3.96. The molecule has 3 aromatic rings. The quantitative estimate of drug-likeness (QED) is 0.591. The molecule has 1 saturated carbocycles. The Morgan fingerprint density at radius 1 is 0.969 bits per heavy atom. The van der Waals surface area contributed by atoms with Crippen molar-refractivity contribution in [2.45, 2.75) is 25.2 Å². The number of hydrogen-bond donors (Lipinski definition) is 2. The fraction of sp³-hybridized carbons (Fsp3) is 0.231. The smallest absolute Gasteiger partial charge is 0.335 e. The zero-order valence-corrected chi connectivity index (χ0v) is 17.7. The van der Waals surface area contributed by atoms with Gasteiger partial charge in [0.15, 0.2) is 11.5 Å². The van der Waals surface area contributed by atoms with Gasteiger partial charge in [0.05, 0.1) is 11.0 Å². The van der Waals surface area contributed by atoms with Crippen molar-refractivity contribution < 1.29 is 25.6 Å². The highest BCUT2D eigenvalue weighted by molar-refractivity contribution is 6.02. The molecule has 2 aliphatic rings. The Balaban J connectivity index is 0.00000259. The Labute approximate surface area is 187 Å². The lowest BCUT2D eigenvalue weighted by molar-refractivity contribution is -0.118. The van der Waals surface area contributed by atoms with Gasteiger partial charge in [-0.2, -0.15) is 0 Å². The second-order valence-electron chi connectivity index (χ2n) is 8.31. The Morgan fingerprint density at radius 3 is 2.50 bits per heavy atom. The van der Waals surface area contributed by atoms with Gasteiger partial charge in [0, 0.05) is 7.11 Å². The highest BCUT2D eigenvalue weighted by atomic mass is 16.6. The number of carboxylic acids is 1. The summed E-state index contributed by atoms with van der Waals surface area (Å²) in [6, 6.07) is 18.2. The maximum atomic E-state index is 13.3. The van der Waals surface area contributed by atoms with Crippen molar-refractivity contribution >= 4 is 17.6 Å². The van der Waals surface area contributed by atoms with Crippen LogP contribution in [0.4, 0.5) is 5.69 Å². The van der Waals surface area contributed by atoms with E-state index in [1.165, 1.54) is 0 Å². The summed E-state index contributed by atoms with van der Waals surface area (Å²) in [5, 5.41) is 12.4. The third-order valence-corrected chi connectivity index (χ3v) is 6.20. The molecule has 0 atom stereocenters. The van der Waals surface area contributed by atoms with Crippen molar-refractivity contribution in [3.63, 3.8) is 0 Å². The molecule has 6 nitrogen and oxygen atoms in total. The number of hydrogen-bond acceptors (Lipinski definition) is 4. The van der Waals surface area contributed by atoms with Crippen LogP contribution in [0.5, 0.6) is 11.5 Å². The number of benzene rings is 3. The lowest BCUT2D eigenvalue weighted by atomic mass is 9.94. The van der Waals surface area contributed by atoms with Crippen LogP contribution in [-0.2, 0) is 10.2 Å². The predicted molar refractivity (Wildman–Crippen MR) is 123 cm³/mol. The molecule has 0 spiro atoms. The van der Waals surface area contributed by atoms with Gasteiger partial charge >= 0.3 is 5.97 Å². The number of carbonyl (C=O) groups is 2. The number of ether oxygens (including phenoxy) is 2. The van der Waals surface area contributed by atoms with Crippen molar-refractivity contribution in [2.24, 2.45) is 0 Å². The first-order valence-electron chi connectivity index (χ1n) is 10.6. The molecule has 164 valence electrons. The Morgan fingerprint density at radius 2 is 1.75 bits per heavy atom. The molecule has 0 aromatic heterocycles. The van der Waals surface area contributed by atoms with Gasteiger partial charge in [-0.05, 0) is 78.4 Å². The standard InChI is InChI=1S/C26H23NO5.H2/c1-16-5-7-20(15-21(16)17-3-2-4-18(13-17)24(28)29)27-25(30)26(9-10-26)19-6-8-22-23(14-19)32-12-11-31-22;/h2-8,13-15H,9-12H2,1H3,(H,27,30)(H,28,29);1H. The number of carbonyl (C=O) groups excluding carboxylic acids is 1. The van der Waals surface area contributed by atoms with Gasteiger partial charge in [0.1, 0.15) is 13.2 Å². The Kier molecular flexibility index (Phi) is 4.85. The summed E-state index contributed by atoms with van der Waals surface area (Å²) in [7, 11) is 0. The molecule has 1 amide bonds. The molecule has 5 rings (SSSR count). The molecule has 6 heteroatoms. The summed E-state index contributed by atoms with van der Waals surface area (Å²) in [5.74, 6) is 0.374. The van der Waals surface area contributed by atoms with E-state index in [1.807, 2.05) is 49.4 Å². The first kappa shape index (κ1) is 20.1. The average Bonchev–Trinajstić information content (AvgIpc) is 3.62. The average molecular weight is 431 g/mol. The number of anilines is 1.